The average molecular weight is 473 g/mol. The van der Waals surface area contributed by atoms with E-state index in [-0.39, 0.29) is 12.2 Å². The van der Waals surface area contributed by atoms with Crippen molar-refractivity contribution in [1.29, 1.82) is 0 Å². The molecule has 0 bridgehead atoms. The number of hydrogen-bond donors (Lipinski definition) is 2. The van der Waals surface area contributed by atoms with Crippen LogP contribution in [-0.2, 0) is 15.3 Å². The number of nitrogens with one attached hydrogen (secondary N) is 1. The summed E-state index contributed by atoms with van der Waals surface area (Å²) in [4.78, 5) is 29.1. The number of carboxylic acids is 1. The highest BCUT2D eigenvalue weighted by atomic mass is 32.2. The number of hydrogen-bond acceptors (Lipinski definition) is 6. The SMILES string of the molecule is CCOC(=O)C1=C(c2ccccc2)NC(SCc2ccc(C(=O)O)cc2)=N[C@@H]1c1ccccc1. The molecule has 0 radical (unpaired) electrons. The van der Waals surface area contributed by atoms with Gasteiger partial charge in [0.1, 0.15) is 6.04 Å². The lowest BCUT2D eigenvalue weighted by atomic mass is 9.94. The van der Waals surface area contributed by atoms with Crippen molar-refractivity contribution in [3.05, 3.63) is 113 Å². The van der Waals surface area contributed by atoms with Crippen LogP contribution in [0.4, 0.5) is 0 Å². The molecule has 0 amide bonds. The Labute approximate surface area is 202 Å². The first-order valence-electron chi connectivity index (χ1n) is 10.9. The third-order valence-corrected chi connectivity index (χ3v) is 6.23. The molecule has 34 heavy (non-hydrogen) atoms. The summed E-state index contributed by atoms with van der Waals surface area (Å²) >= 11 is 1.49. The minimum absolute atomic E-state index is 0.249. The van der Waals surface area contributed by atoms with Gasteiger partial charge in [0, 0.05) is 5.75 Å². The fourth-order valence-corrected chi connectivity index (χ4v) is 4.48. The molecular formula is C27H24N2O4S. The Kier molecular flexibility index (Phi) is 7.44. The van der Waals surface area contributed by atoms with Crippen molar-refractivity contribution in [3.8, 4) is 0 Å². The molecule has 0 fully saturated rings. The van der Waals surface area contributed by atoms with E-state index < -0.39 is 18.0 Å². The quantitative estimate of drug-likeness (QED) is 0.454. The molecule has 0 unspecified atom stereocenters. The second-order valence-corrected chi connectivity index (χ2v) is 8.50. The highest BCUT2D eigenvalue weighted by Crippen LogP contribution is 2.36. The van der Waals surface area contributed by atoms with E-state index in [0.29, 0.717) is 22.2 Å². The summed E-state index contributed by atoms with van der Waals surface area (Å²) in [6, 6.07) is 25.6. The number of esters is 1. The predicted octanol–water partition coefficient (Wildman–Crippen LogP) is 5.29. The molecule has 0 saturated carbocycles. The van der Waals surface area contributed by atoms with Crippen molar-refractivity contribution in [2.75, 3.05) is 6.61 Å². The van der Waals surface area contributed by atoms with Crippen LogP contribution in [0.3, 0.4) is 0 Å². The van der Waals surface area contributed by atoms with Crippen LogP contribution in [0.25, 0.3) is 5.70 Å². The maximum absolute atomic E-state index is 13.1. The minimum Gasteiger partial charge on any atom is -0.478 e. The molecule has 0 aromatic heterocycles. The lowest BCUT2D eigenvalue weighted by molar-refractivity contribution is -0.138. The van der Waals surface area contributed by atoms with Crippen molar-refractivity contribution in [2.45, 2.75) is 18.7 Å². The summed E-state index contributed by atoms with van der Waals surface area (Å²) in [6.07, 6.45) is 0. The Morgan fingerprint density at radius 2 is 1.62 bits per heavy atom. The van der Waals surface area contributed by atoms with Crippen LogP contribution in [-0.4, -0.2) is 28.8 Å². The van der Waals surface area contributed by atoms with Crippen molar-refractivity contribution in [3.63, 3.8) is 0 Å². The van der Waals surface area contributed by atoms with E-state index in [0.717, 1.165) is 16.7 Å². The molecule has 1 aliphatic heterocycles. The molecule has 0 spiro atoms. The van der Waals surface area contributed by atoms with E-state index in [4.69, 9.17) is 14.8 Å². The lowest BCUT2D eigenvalue weighted by Crippen LogP contribution is -2.31. The Balaban J connectivity index is 1.70. The van der Waals surface area contributed by atoms with E-state index in [2.05, 4.69) is 5.32 Å². The van der Waals surface area contributed by atoms with Gasteiger partial charge in [-0.25, -0.2) is 14.6 Å². The van der Waals surface area contributed by atoms with Gasteiger partial charge >= 0.3 is 11.9 Å². The molecule has 6 nitrogen and oxygen atoms in total. The van der Waals surface area contributed by atoms with Gasteiger partial charge in [0.25, 0.3) is 0 Å². The molecular weight excluding hydrogens is 448 g/mol. The first kappa shape index (κ1) is 23.3. The summed E-state index contributed by atoms with van der Waals surface area (Å²) in [7, 11) is 0. The largest absolute Gasteiger partial charge is 0.478 e. The normalized spacial score (nSPS) is 15.3. The van der Waals surface area contributed by atoms with E-state index in [9.17, 15) is 9.59 Å². The van der Waals surface area contributed by atoms with Crippen LogP contribution in [0, 0.1) is 0 Å². The Morgan fingerprint density at radius 3 is 2.24 bits per heavy atom. The standard InChI is InChI=1S/C27H24N2O4S/c1-2-33-26(32)22-23(19-9-5-3-6-10-19)28-27(29-24(22)20-11-7-4-8-12-20)34-17-18-13-15-21(16-14-18)25(30)31/h3-16,23H,2,17H2,1H3,(H,28,29)(H,30,31)/t23-/m1/s1. The van der Waals surface area contributed by atoms with Gasteiger partial charge < -0.3 is 15.2 Å². The predicted molar refractivity (Wildman–Crippen MR) is 134 cm³/mol. The number of aliphatic imine (C=N–C) groups is 1. The highest BCUT2D eigenvalue weighted by molar-refractivity contribution is 8.13. The van der Waals surface area contributed by atoms with Gasteiger partial charge in [-0.3, -0.25) is 0 Å². The summed E-state index contributed by atoms with van der Waals surface area (Å²) in [5.41, 5.74) is 4.12. The van der Waals surface area contributed by atoms with Crippen LogP contribution >= 0.6 is 11.8 Å². The van der Waals surface area contributed by atoms with Crippen LogP contribution in [0.2, 0.25) is 0 Å². The zero-order chi connectivity index (χ0) is 23.9. The Hall–Kier alpha value is -3.84. The van der Waals surface area contributed by atoms with Crippen molar-refractivity contribution in [2.24, 2.45) is 4.99 Å². The van der Waals surface area contributed by atoms with E-state index >= 15 is 0 Å². The smallest absolute Gasteiger partial charge is 0.338 e. The third kappa shape index (κ3) is 5.38. The maximum atomic E-state index is 13.1. The average Bonchev–Trinajstić information content (AvgIpc) is 2.88. The van der Waals surface area contributed by atoms with Gasteiger partial charge in [0.15, 0.2) is 5.17 Å². The highest BCUT2D eigenvalue weighted by Gasteiger charge is 2.32. The topological polar surface area (TPSA) is 88.0 Å². The van der Waals surface area contributed by atoms with Crippen LogP contribution in [0.15, 0.2) is 95.5 Å². The number of ether oxygens (including phenoxy) is 1. The monoisotopic (exact) mass is 472 g/mol. The fraction of sp³-hybridized carbons (Fsp3) is 0.148. The van der Waals surface area contributed by atoms with Gasteiger partial charge in [-0.05, 0) is 35.7 Å². The minimum atomic E-state index is -0.952. The summed E-state index contributed by atoms with van der Waals surface area (Å²) < 4.78 is 5.42. The van der Waals surface area contributed by atoms with Gasteiger partial charge in [0.2, 0.25) is 0 Å². The molecule has 0 saturated heterocycles. The Bertz CT molecular complexity index is 1220. The molecule has 1 heterocycles. The second kappa shape index (κ2) is 10.9. The molecule has 0 aliphatic carbocycles. The zero-order valence-corrected chi connectivity index (χ0v) is 19.4. The van der Waals surface area contributed by atoms with Crippen molar-refractivity contribution >= 4 is 34.6 Å². The fourth-order valence-electron chi connectivity index (χ4n) is 3.63. The zero-order valence-electron chi connectivity index (χ0n) is 18.6. The summed E-state index contributed by atoms with van der Waals surface area (Å²) in [5, 5.41) is 13.1. The number of rotatable bonds is 7. The van der Waals surface area contributed by atoms with E-state index in [1.807, 2.05) is 60.7 Å². The summed E-state index contributed by atoms with van der Waals surface area (Å²) in [6.45, 7) is 2.05. The summed E-state index contributed by atoms with van der Waals surface area (Å²) in [5.74, 6) is -0.767. The first-order valence-corrected chi connectivity index (χ1v) is 11.9. The van der Waals surface area contributed by atoms with Gasteiger partial charge in [-0.15, -0.1) is 0 Å². The van der Waals surface area contributed by atoms with Crippen LogP contribution in [0.5, 0.6) is 0 Å². The third-order valence-electron chi connectivity index (χ3n) is 5.27. The van der Waals surface area contributed by atoms with E-state index in [1.165, 1.54) is 11.8 Å². The van der Waals surface area contributed by atoms with Crippen LogP contribution in [0.1, 0.15) is 40.0 Å². The number of nitrogens with zero attached hydrogens (tertiary/aromatic N) is 1. The lowest BCUT2D eigenvalue weighted by Gasteiger charge is -2.27. The molecule has 3 aromatic carbocycles. The van der Waals surface area contributed by atoms with Gasteiger partial charge in [-0.1, -0.05) is 84.6 Å². The molecule has 7 heteroatoms. The molecule has 2 N–H and O–H groups in total. The molecule has 4 rings (SSSR count). The number of carbonyl (C=O) groups excluding carboxylic acids is 1. The number of carbonyl (C=O) groups is 2. The number of benzene rings is 3. The van der Waals surface area contributed by atoms with Crippen molar-refractivity contribution in [1.82, 2.24) is 5.32 Å². The molecule has 1 aliphatic rings. The molecule has 172 valence electrons. The first-order chi connectivity index (χ1) is 16.6. The Morgan fingerprint density at radius 1 is 0.971 bits per heavy atom. The number of thioether (sulfide) groups is 1. The number of amidine groups is 1. The van der Waals surface area contributed by atoms with Crippen LogP contribution < -0.4 is 5.32 Å². The molecule has 1 atom stereocenters. The number of carboxylic acid groups (broad SMARTS) is 1. The van der Waals surface area contributed by atoms with Gasteiger partial charge in [0.05, 0.1) is 23.4 Å². The molecule has 3 aromatic rings. The number of aromatic carboxylic acids is 1. The second-order valence-electron chi connectivity index (χ2n) is 7.54. The maximum Gasteiger partial charge on any atom is 0.338 e. The van der Waals surface area contributed by atoms with Crippen molar-refractivity contribution < 1.29 is 19.4 Å². The van der Waals surface area contributed by atoms with Gasteiger partial charge in [-0.2, -0.15) is 0 Å². The van der Waals surface area contributed by atoms with E-state index in [1.54, 1.807) is 31.2 Å².